The zero-order valence-electron chi connectivity index (χ0n) is 8.80. The van der Waals surface area contributed by atoms with Gasteiger partial charge in [0.15, 0.2) is 4.34 Å². The third-order valence-corrected chi connectivity index (χ3v) is 5.22. The largest absolute Gasteiger partial charge is 0.374 e. The molecule has 1 heterocycles. The van der Waals surface area contributed by atoms with Crippen LogP contribution in [0.25, 0.3) is 0 Å². The van der Waals surface area contributed by atoms with E-state index in [9.17, 15) is 0 Å². The molecule has 90 valence electrons. The summed E-state index contributed by atoms with van der Waals surface area (Å²) in [6, 6.07) is 7.87. The van der Waals surface area contributed by atoms with E-state index in [4.69, 9.17) is 17.3 Å². The van der Waals surface area contributed by atoms with Gasteiger partial charge in [-0.2, -0.15) is 0 Å². The van der Waals surface area contributed by atoms with Gasteiger partial charge >= 0.3 is 0 Å². The van der Waals surface area contributed by atoms with Crippen LogP contribution in [0.15, 0.2) is 33.5 Å². The fraction of sp³-hybridized carbons (Fsp3) is 0.200. The van der Waals surface area contributed by atoms with Gasteiger partial charge in [-0.25, -0.2) is 0 Å². The molecule has 7 heteroatoms. The van der Waals surface area contributed by atoms with Crippen molar-refractivity contribution in [2.24, 2.45) is 0 Å². The zero-order valence-corrected chi connectivity index (χ0v) is 12.0. The van der Waals surface area contributed by atoms with Crippen LogP contribution in [0.2, 0.25) is 5.02 Å². The maximum absolute atomic E-state index is 5.82. The highest BCUT2D eigenvalue weighted by Gasteiger charge is 2.01. The van der Waals surface area contributed by atoms with Gasteiger partial charge in [-0.15, -0.1) is 22.0 Å². The Kier molecular flexibility index (Phi) is 4.97. The molecule has 0 amide bonds. The third kappa shape index (κ3) is 4.39. The summed E-state index contributed by atoms with van der Waals surface area (Å²) in [7, 11) is 0. The first-order valence-electron chi connectivity index (χ1n) is 4.84. The van der Waals surface area contributed by atoms with Crippen molar-refractivity contribution in [2.75, 3.05) is 17.2 Å². The van der Waals surface area contributed by atoms with Crippen molar-refractivity contribution in [1.82, 2.24) is 10.2 Å². The first-order valence-corrected chi connectivity index (χ1v) is 8.01. The Morgan fingerprint density at radius 3 is 2.47 bits per heavy atom. The molecule has 2 aromatic rings. The molecule has 0 spiro atoms. The molecule has 0 radical (unpaired) electrons. The van der Waals surface area contributed by atoms with Crippen LogP contribution in [-0.4, -0.2) is 21.7 Å². The van der Waals surface area contributed by atoms with Gasteiger partial charge in [0.2, 0.25) is 5.13 Å². The molecule has 0 unspecified atom stereocenters. The number of nitrogen functional groups attached to an aromatic ring is 1. The first kappa shape index (κ1) is 13.0. The Hall–Kier alpha value is -0.430. The van der Waals surface area contributed by atoms with Crippen molar-refractivity contribution in [1.29, 1.82) is 0 Å². The molecular formula is C10H10ClN3S3. The van der Waals surface area contributed by atoms with Crippen LogP contribution in [-0.2, 0) is 0 Å². The van der Waals surface area contributed by atoms with Crippen molar-refractivity contribution in [3.05, 3.63) is 29.3 Å². The zero-order chi connectivity index (χ0) is 12.1. The predicted molar refractivity (Wildman–Crippen MR) is 77.2 cm³/mol. The number of hydrogen-bond acceptors (Lipinski definition) is 6. The van der Waals surface area contributed by atoms with Crippen molar-refractivity contribution in [3.63, 3.8) is 0 Å². The van der Waals surface area contributed by atoms with Gasteiger partial charge < -0.3 is 5.73 Å². The van der Waals surface area contributed by atoms with Crippen LogP contribution in [0.4, 0.5) is 5.13 Å². The molecule has 1 aromatic heterocycles. The van der Waals surface area contributed by atoms with Crippen LogP contribution in [0, 0.1) is 0 Å². The normalized spacial score (nSPS) is 10.6. The first-order chi connectivity index (χ1) is 8.24. The summed E-state index contributed by atoms with van der Waals surface area (Å²) in [5.41, 5.74) is 5.50. The van der Waals surface area contributed by atoms with E-state index in [1.165, 1.54) is 16.2 Å². The van der Waals surface area contributed by atoms with E-state index in [0.717, 1.165) is 20.9 Å². The lowest BCUT2D eigenvalue weighted by Gasteiger charge is -2.00. The lowest BCUT2D eigenvalue weighted by molar-refractivity contribution is 1.02. The summed E-state index contributed by atoms with van der Waals surface area (Å²) in [5.74, 6) is 2.01. The van der Waals surface area contributed by atoms with Gasteiger partial charge in [-0.3, -0.25) is 0 Å². The maximum atomic E-state index is 5.82. The third-order valence-electron chi connectivity index (χ3n) is 1.81. The number of nitrogens with two attached hydrogens (primary N) is 1. The Bertz CT molecular complexity index is 472. The minimum Gasteiger partial charge on any atom is -0.374 e. The molecule has 2 rings (SSSR count). The van der Waals surface area contributed by atoms with Crippen LogP contribution >= 0.6 is 46.5 Å². The molecule has 0 saturated carbocycles. The molecule has 17 heavy (non-hydrogen) atoms. The van der Waals surface area contributed by atoms with E-state index in [2.05, 4.69) is 10.2 Å². The van der Waals surface area contributed by atoms with Crippen molar-refractivity contribution < 1.29 is 0 Å². The number of nitrogens with zero attached hydrogens (tertiary/aromatic N) is 2. The summed E-state index contributed by atoms with van der Waals surface area (Å²) < 4.78 is 0.930. The number of benzene rings is 1. The molecule has 0 fully saturated rings. The van der Waals surface area contributed by atoms with E-state index >= 15 is 0 Å². The molecule has 0 aliphatic rings. The highest BCUT2D eigenvalue weighted by Crippen LogP contribution is 2.26. The second-order valence-corrected chi connectivity index (χ2v) is 7.01. The van der Waals surface area contributed by atoms with Gasteiger partial charge in [0.25, 0.3) is 0 Å². The van der Waals surface area contributed by atoms with Gasteiger partial charge in [0.1, 0.15) is 0 Å². The second kappa shape index (κ2) is 6.49. The minimum absolute atomic E-state index is 0.526. The highest BCUT2D eigenvalue weighted by atomic mass is 35.5. The van der Waals surface area contributed by atoms with Crippen molar-refractivity contribution in [3.8, 4) is 0 Å². The van der Waals surface area contributed by atoms with E-state index in [0.29, 0.717) is 5.13 Å². The van der Waals surface area contributed by atoms with Crippen LogP contribution in [0.5, 0.6) is 0 Å². The number of aromatic nitrogens is 2. The SMILES string of the molecule is Nc1nnc(SCCSc2ccc(Cl)cc2)s1. The molecule has 1 aromatic carbocycles. The Morgan fingerprint density at radius 2 is 1.82 bits per heavy atom. The number of anilines is 1. The number of halogens is 1. The van der Waals surface area contributed by atoms with Gasteiger partial charge in [0.05, 0.1) is 0 Å². The Labute approximate surface area is 117 Å². The number of hydrogen-bond donors (Lipinski definition) is 1. The summed E-state index contributed by atoms with van der Waals surface area (Å²) in [6.07, 6.45) is 0. The highest BCUT2D eigenvalue weighted by molar-refractivity contribution is 8.03. The van der Waals surface area contributed by atoms with Gasteiger partial charge in [-0.1, -0.05) is 34.7 Å². The Morgan fingerprint density at radius 1 is 1.12 bits per heavy atom. The lowest BCUT2D eigenvalue weighted by Crippen LogP contribution is -1.84. The average molecular weight is 304 g/mol. The van der Waals surface area contributed by atoms with Crippen molar-refractivity contribution in [2.45, 2.75) is 9.24 Å². The summed E-state index contributed by atoms with van der Waals surface area (Å²) in [5, 5.41) is 9.02. The molecule has 0 aliphatic heterocycles. The van der Waals surface area contributed by atoms with E-state index in [1.54, 1.807) is 23.5 Å². The number of rotatable bonds is 5. The van der Waals surface area contributed by atoms with E-state index in [-0.39, 0.29) is 0 Å². The fourth-order valence-corrected chi connectivity index (χ4v) is 3.81. The fourth-order valence-electron chi connectivity index (χ4n) is 1.10. The molecular weight excluding hydrogens is 294 g/mol. The lowest BCUT2D eigenvalue weighted by atomic mass is 10.4. The predicted octanol–water partition coefficient (Wildman–Crippen LogP) is 3.66. The molecule has 2 N–H and O–H groups in total. The topological polar surface area (TPSA) is 51.8 Å². The number of thioether (sulfide) groups is 2. The summed E-state index contributed by atoms with van der Waals surface area (Å²) >= 11 is 10.7. The maximum Gasteiger partial charge on any atom is 0.203 e. The van der Waals surface area contributed by atoms with E-state index < -0.39 is 0 Å². The van der Waals surface area contributed by atoms with Crippen LogP contribution in [0.1, 0.15) is 0 Å². The standard InChI is InChI=1S/C10H10ClN3S3/c11-7-1-3-8(4-2-7)15-5-6-16-10-14-13-9(12)17-10/h1-4H,5-6H2,(H2,12,13). The second-order valence-electron chi connectivity index (χ2n) is 3.06. The van der Waals surface area contributed by atoms with Gasteiger partial charge in [0, 0.05) is 21.4 Å². The molecule has 3 nitrogen and oxygen atoms in total. The van der Waals surface area contributed by atoms with Gasteiger partial charge in [-0.05, 0) is 24.3 Å². The van der Waals surface area contributed by atoms with Crippen LogP contribution < -0.4 is 5.73 Å². The molecule has 0 bridgehead atoms. The quantitative estimate of drug-likeness (QED) is 0.675. The smallest absolute Gasteiger partial charge is 0.203 e. The van der Waals surface area contributed by atoms with Crippen molar-refractivity contribution >= 4 is 51.6 Å². The van der Waals surface area contributed by atoms with Crippen LogP contribution in [0.3, 0.4) is 0 Å². The molecule has 0 atom stereocenters. The molecule has 0 aliphatic carbocycles. The monoisotopic (exact) mass is 303 g/mol. The summed E-state index contributed by atoms with van der Waals surface area (Å²) in [4.78, 5) is 1.23. The molecule has 0 saturated heterocycles. The Balaban J connectivity index is 1.71. The van der Waals surface area contributed by atoms with E-state index in [1.807, 2.05) is 24.3 Å². The minimum atomic E-state index is 0.526. The average Bonchev–Trinajstić information content (AvgIpc) is 2.73. The summed E-state index contributed by atoms with van der Waals surface area (Å²) in [6.45, 7) is 0.